The number of ether oxygens (including phenoxy) is 1. The fourth-order valence-corrected chi connectivity index (χ4v) is 3.87. The van der Waals surface area contributed by atoms with Gasteiger partial charge in [-0.15, -0.1) is 0 Å². The number of anilines is 1. The quantitative estimate of drug-likeness (QED) is 0.868. The zero-order valence-corrected chi connectivity index (χ0v) is 15.3. The molecule has 1 saturated heterocycles. The van der Waals surface area contributed by atoms with Crippen LogP contribution in [0.2, 0.25) is 0 Å². The second-order valence-electron chi connectivity index (χ2n) is 8.34. The molecule has 1 aromatic rings. The maximum atomic E-state index is 13.7. The highest BCUT2D eigenvalue weighted by atomic mass is 19.4. The van der Waals surface area contributed by atoms with Gasteiger partial charge in [0.1, 0.15) is 5.75 Å². The summed E-state index contributed by atoms with van der Waals surface area (Å²) in [6.45, 7) is 8.25. The molecule has 2 aliphatic rings. The van der Waals surface area contributed by atoms with Gasteiger partial charge in [-0.1, -0.05) is 20.8 Å². The molecule has 1 fully saturated rings. The monoisotopic (exact) mass is 356 g/mol. The van der Waals surface area contributed by atoms with Crippen molar-refractivity contribution in [1.29, 1.82) is 0 Å². The maximum Gasteiger partial charge on any atom is 0.418 e. The highest BCUT2D eigenvalue weighted by molar-refractivity contribution is 5.69. The third-order valence-electron chi connectivity index (χ3n) is 5.23. The number of nitrogens with zero attached hydrogens (tertiary/aromatic N) is 1. The molecule has 0 aromatic heterocycles. The van der Waals surface area contributed by atoms with Crippen molar-refractivity contribution in [1.82, 2.24) is 5.32 Å². The largest absolute Gasteiger partial charge is 0.494 e. The first-order valence-corrected chi connectivity index (χ1v) is 8.89. The van der Waals surface area contributed by atoms with Gasteiger partial charge in [0.05, 0.1) is 17.9 Å². The minimum atomic E-state index is -4.39. The fourth-order valence-electron chi connectivity index (χ4n) is 3.87. The summed E-state index contributed by atoms with van der Waals surface area (Å²) in [5.41, 5.74) is 0.602. The molecule has 140 valence electrons. The second kappa shape index (κ2) is 6.38. The Labute approximate surface area is 147 Å². The third kappa shape index (κ3) is 3.73. The molecule has 6 heteroatoms. The van der Waals surface area contributed by atoms with E-state index in [4.69, 9.17) is 4.74 Å². The van der Waals surface area contributed by atoms with E-state index in [9.17, 15) is 13.2 Å². The van der Waals surface area contributed by atoms with Crippen LogP contribution in [-0.2, 0) is 6.18 Å². The molecule has 2 aliphatic heterocycles. The number of alkyl halides is 3. The Balaban J connectivity index is 1.95. The van der Waals surface area contributed by atoms with Crippen molar-refractivity contribution < 1.29 is 17.9 Å². The number of benzene rings is 1. The van der Waals surface area contributed by atoms with E-state index in [2.05, 4.69) is 26.1 Å². The predicted molar refractivity (Wildman–Crippen MR) is 93.4 cm³/mol. The van der Waals surface area contributed by atoms with Gasteiger partial charge in [-0.3, -0.25) is 0 Å². The van der Waals surface area contributed by atoms with E-state index in [1.54, 1.807) is 7.05 Å². The third-order valence-corrected chi connectivity index (χ3v) is 5.23. The topological polar surface area (TPSA) is 24.5 Å². The summed E-state index contributed by atoms with van der Waals surface area (Å²) in [5.74, 6) is 0.413. The number of halogens is 3. The Morgan fingerprint density at radius 2 is 1.96 bits per heavy atom. The molecule has 0 amide bonds. The fraction of sp³-hybridized carbons (Fsp3) is 0.684. The van der Waals surface area contributed by atoms with E-state index in [-0.39, 0.29) is 17.4 Å². The van der Waals surface area contributed by atoms with E-state index in [1.165, 1.54) is 6.07 Å². The van der Waals surface area contributed by atoms with Crippen molar-refractivity contribution in [2.24, 2.45) is 5.41 Å². The van der Waals surface area contributed by atoms with Gasteiger partial charge in [0.2, 0.25) is 0 Å². The van der Waals surface area contributed by atoms with Crippen LogP contribution in [0.15, 0.2) is 12.1 Å². The zero-order chi connectivity index (χ0) is 18.4. The maximum absolute atomic E-state index is 13.7. The summed E-state index contributed by atoms with van der Waals surface area (Å²) in [6.07, 6.45) is -2.74. The van der Waals surface area contributed by atoms with Gasteiger partial charge in [-0.25, -0.2) is 0 Å². The minimum absolute atomic E-state index is 0.0843. The van der Waals surface area contributed by atoms with Crippen LogP contribution in [0.1, 0.15) is 50.7 Å². The molecule has 0 spiro atoms. The Hall–Kier alpha value is -1.43. The SMILES string of the molecule is CN1c2c(cc(OCCC(C)(C)C)cc2C(F)(F)F)[C@H]2CNCC[C@H]21. The Bertz CT molecular complexity index is 637. The van der Waals surface area contributed by atoms with Crippen LogP contribution in [0.5, 0.6) is 5.75 Å². The lowest BCUT2D eigenvalue weighted by Gasteiger charge is -2.31. The molecule has 2 heterocycles. The van der Waals surface area contributed by atoms with Gasteiger partial charge in [-0.05, 0) is 42.5 Å². The van der Waals surface area contributed by atoms with Crippen LogP contribution >= 0.6 is 0 Å². The van der Waals surface area contributed by atoms with E-state index in [0.29, 0.717) is 24.6 Å². The summed E-state index contributed by atoms with van der Waals surface area (Å²) in [4.78, 5) is 1.82. The van der Waals surface area contributed by atoms with Crippen molar-refractivity contribution in [3.63, 3.8) is 0 Å². The van der Waals surface area contributed by atoms with Crippen molar-refractivity contribution in [2.75, 3.05) is 31.6 Å². The smallest absolute Gasteiger partial charge is 0.418 e. The van der Waals surface area contributed by atoms with Gasteiger partial charge >= 0.3 is 6.18 Å². The first-order valence-electron chi connectivity index (χ1n) is 8.89. The second-order valence-corrected chi connectivity index (χ2v) is 8.34. The van der Waals surface area contributed by atoms with E-state index >= 15 is 0 Å². The number of fused-ring (bicyclic) bond motifs is 3. The first-order chi connectivity index (χ1) is 11.6. The Morgan fingerprint density at radius 1 is 1.24 bits per heavy atom. The highest BCUT2D eigenvalue weighted by Crippen LogP contribution is 2.50. The van der Waals surface area contributed by atoms with Crippen molar-refractivity contribution >= 4 is 5.69 Å². The molecule has 3 rings (SSSR count). The van der Waals surface area contributed by atoms with Crippen LogP contribution < -0.4 is 15.0 Å². The number of piperidine rings is 1. The van der Waals surface area contributed by atoms with Gasteiger partial charge in [-0.2, -0.15) is 13.2 Å². The molecular weight excluding hydrogens is 329 g/mol. The summed E-state index contributed by atoms with van der Waals surface area (Å²) in [5, 5.41) is 3.31. The van der Waals surface area contributed by atoms with Gasteiger partial charge in [0.25, 0.3) is 0 Å². The predicted octanol–water partition coefficient (Wildman–Crippen LogP) is 4.42. The number of rotatable bonds is 3. The standard InChI is InChI=1S/C19H27F3N2O/c1-18(2,3)6-8-25-12-9-13-14-11-23-7-5-16(14)24(4)17(13)15(10-12)19(20,21)22/h9-10,14,16,23H,5-8,11H2,1-4H3/t14-,16-/m1/s1. The van der Waals surface area contributed by atoms with E-state index in [1.807, 2.05) is 11.0 Å². The van der Waals surface area contributed by atoms with E-state index in [0.717, 1.165) is 24.9 Å². The van der Waals surface area contributed by atoms with Crippen LogP contribution in [0.25, 0.3) is 0 Å². The molecule has 0 aliphatic carbocycles. The number of hydrogen-bond acceptors (Lipinski definition) is 3. The molecule has 1 N–H and O–H groups in total. The van der Waals surface area contributed by atoms with E-state index < -0.39 is 11.7 Å². The lowest BCUT2D eigenvalue weighted by molar-refractivity contribution is -0.137. The summed E-state index contributed by atoms with van der Waals surface area (Å²) >= 11 is 0. The molecule has 0 bridgehead atoms. The minimum Gasteiger partial charge on any atom is -0.494 e. The molecule has 0 unspecified atom stereocenters. The molecule has 0 saturated carbocycles. The lowest BCUT2D eigenvalue weighted by Crippen LogP contribution is -2.42. The molecule has 3 nitrogen and oxygen atoms in total. The van der Waals surface area contributed by atoms with Gasteiger partial charge < -0.3 is 15.0 Å². The Morgan fingerprint density at radius 3 is 2.60 bits per heavy atom. The number of likely N-dealkylation sites (N-methyl/N-ethyl adjacent to an activating group) is 1. The average Bonchev–Trinajstić information content (AvgIpc) is 2.78. The first kappa shape index (κ1) is 18.4. The van der Waals surface area contributed by atoms with Crippen LogP contribution in [-0.4, -0.2) is 32.8 Å². The zero-order valence-electron chi connectivity index (χ0n) is 15.3. The summed E-state index contributed by atoms with van der Waals surface area (Å²) in [6, 6.07) is 3.12. The molecule has 25 heavy (non-hydrogen) atoms. The van der Waals surface area contributed by atoms with Crippen LogP contribution in [0.4, 0.5) is 18.9 Å². The van der Waals surface area contributed by atoms with Crippen LogP contribution in [0, 0.1) is 5.41 Å². The highest BCUT2D eigenvalue weighted by Gasteiger charge is 2.45. The molecule has 1 aromatic carbocycles. The van der Waals surface area contributed by atoms with Gasteiger partial charge in [0, 0.05) is 25.6 Å². The summed E-state index contributed by atoms with van der Waals surface area (Å²) in [7, 11) is 1.78. The van der Waals surface area contributed by atoms with Gasteiger partial charge in [0.15, 0.2) is 0 Å². The average molecular weight is 356 g/mol. The molecular formula is C19H27F3N2O. The van der Waals surface area contributed by atoms with Crippen molar-refractivity contribution in [2.45, 2.75) is 51.7 Å². The molecule has 0 radical (unpaired) electrons. The van der Waals surface area contributed by atoms with Crippen molar-refractivity contribution in [3.8, 4) is 5.75 Å². The summed E-state index contributed by atoms with van der Waals surface area (Å²) < 4.78 is 46.8. The number of hydrogen-bond donors (Lipinski definition) is 1. The number of nitrogens with one attached hydrogen (secondary N) is 1. The van der Waals surface area contributed by atoms with Crippen molar-refractivity contribution in [3.05, 3.63) is 23.3 Å². The normalized spacial score (nSPS) is 23.4. The Kier molecular flexibility index (Phi) is 4.69. The molecule has 2 atom stereocenters. The van der Waals surface area contributed by atoms with Crippen LogP contribution in [0.3, 0.4) is 0 Å². The lowest BCUT2D eigenvalue weighted by atomic mass is 9.89.